The molecule has 3 heteroatoms. The van der Waals surface area contributed by atoms with Crippen LogP contribution in [0.4, 0.5) is 5.69 Å². The maximum atomic E-state index is 9.67. The summed E-state index contributed by atoms with van der Waals surface area (Å²) in [7, 11) is 0. The highest BCUT2D eigenvalue weighted by Gasteiger charge is 2.02. The molecular formula is C13H22N2O. The van der Waals surface area contributed by atoms with Gasteiger partial charge in [0.15, 0.2) is 0 Å². The van der Waals surface area contributed by atoms with E-state index in [4.69, 9.17) is 0 Å². The van der Waals surface area contributed by atoms with E-state index in [0.717, 1.165) is 18.7 Å². The molecule has 90 valence electrons. The molecule has 0 spiro atoms. The van der Waals surface area contributed by atoms with Crippen molar-refractivity contribution in [2.24, 2.45) is 0 Å². The lowest BCUT2D eigenvalue weighted by atomic mass is 10.2. The number of aliphatic hydroxyl groups is 1. The summed E-state index contributed by atoms with van der Waals surface area (Å²) in [5.74, 6) is 0. The van der Waals surface area contributed by atoms with Crippen molar-refractivity contribution in [2.45, 2.75) is 26.4 Å². The highest BCUT2D eigenvalue weighted by Crippen LogP contribution is 2.08. The van der Waals surface area contributed by atoms with E-state index < -0.39 is 0 Å². The lowest BCUT2D eigenvalue weighted by Crippen LogP contribution is -2.32. The van der Waals surface area contributed by atoms with Crippen molar-refractivity contribution in [3.05, 3.63) is 29.8 Å². The SMILES string of the molecule is CCCNC[C@@H](O)CNc1ccc(C)cc1. The first-order valence-electron chi connectivity index (χ1n) is 5.91. The molecule has 3 nitrogen and oxygen atoms in total. The van der Waals surface area contributed by atoms with Crippen molar-refractivity contribution >= 4 is 5.69 Å². The molecule has 0 aliphatic carbocycles. The van der Waals surface area contributed by atoms with E-state index in [9.17, 15) is 5.11 Å². The van der Waals surface area contributed by atoms with Gasteiger partial charge in [0.1, 0.15) is 0 Å². The summed E-state index contributed by atoms with van der Waals surface area (Å²) in [6.45, 7) is 6.37. The lowest BCUT2D eigenvalue weighted by Gasteiger charge is -2.13. The normalized spacial score (nSPS) is 12.4. The van der Waals surface area contributed by atoms with Crippen LogP contribution in [0.5, 0.6) is 0 Å². The second kappa shape index (κ2) is 7.25. The number of hydrogen-bond donors (Lipinski definition) is 3. The fourth-order valence-electron chi connectivity index (χ4n) is 1.42. The van der Waals surface area contributed by atoms with Crippen LogP contribution in [0.1, 0.15) is 18.9 Å². The topological polar surface area (TPSA) is 44.3 Å². The Morgan fingerprint density at radius 2 is 1.88 bits per heavy atom. The third-order valence-corrected chi connectivity index (χ3v) is 2.40. The summed E-state index contributed by atoms with van der Waals surface area (Å²) in [4.78, 5) is 0. The van der Waals surface area contributed by atoms with Gasteiger partial charge >= 0.3 is 0 Å². The number of benzene rings is 1. The van der Waals surface area contributed by atoms with Crippen molar-refractivity contribution in [1.82, 2.24) is 5.32 Å². The number of hydrogen-bond acceptors (Lipinski definition) is 3. The average Bonchev–Trinajstić information content (AvgIpc) is 2.29. The van der Waals surface area contributed by atoms with E-state index in [2.05, 4.69) is 36.6 Å². The summed E-state index contributed by atoms with van der Waals surface area (Å²) in [5, 5.41) is 16.1. The van der Waals surface area contributed by atoms with E-state index in [1.807, 2.05) is 12.1 Å². The maximum Gasteiger partial charge on any atom is 0.0836 e. The van der Waals surface area contributed by atoms with Gasteiger partial charge in [0.2, 0.25) is 0 Å². The molecule has 0 fully saturated rings. The molecule has 0 aliphatic heterocycles. The number of nitrogens with one attached hydrogen (secondary N) is 2. The molecule has 16 heavy (non-hydrogen) atoms. The molecular weight excluding hydrogens is 200 g/mol. The van der Waals surface area contributed by atoms with E-state index >= 15 is 0 Å². The minimum Gasteiger partial charge on any atom is -0.390 e. The zero-order valence-electron chi connectivity index (χ0n) is 10.2. The summed E-state index contributed by atoms with van der Waals surface area (Å²) in [6.07, 6.45) is 0.755. The first kappa shape index (κ1) is 13.0. The van der Waals surface area contributed by atoms with Gasteiger partial charge in [-0.05, 0) is 32.0 Å². The minimum atomic E-state index is -0.340. The molecule has 0 saturated carbocycles. The van der Waals surface area contributed by atoms with E-state index in [1.165, 1.54) is 5.56 Å². The van der Waals surface area contributed by atoms with Crippen LogP contribution in [-0.4, -0.2) is 30.8 Å². The largest absolute Gasteiger partial charge is 0.390 e. The van der Waals surface area contributed by atoms with Gasteiger partial charge in [-0.1, -0.05) is 24.6 Å². The second-order valence-corrected chi connectivity index (χ2v) is 4.10. The molecule has 1 aromatic carbocycles. The fourth-order valence-corrected chi connectivity index (χ4v) is 1.42. The molecule has 0 bridgehead atoms. The van der Waals surface area contributed by atoms with Gasteiger partial charge in [0.25, 0.3) is 0 Å². The molecule has 1 rings (SSSR count). The number of aryl methyl sites for hydroxylation is 1. The van der Waals surface area contributed by atoms with Gasteiger partial charge in [-0.2, -0.15) is 0 Å². The molecule has 0 aromatic heterocycles. The maximum absolute atomic E-state index is 9.67. The number of rotatable bonds is 7. The highest BCUT2D eigenvalue weighted by atomic mass is 16.3. The Morgan fingerprint density at radius 1 is 1.19 bits per heavy atom. The molecule has 0 amide bonds. The van der Waals surface area contributed by atoms with Gasteiger partial charge in [-0.25, -0.2) is 0 Å². The summed E-state index contributed by atoms with van der Waals surface area (Å²) in [6, 6.07) is 8.18. The van der Waals surface area contributed by atoms with Crippen LogP contribution in [0.2, 0.25) is 0 Å². The average molecular weight is 222 g/mol. The standard InChI is InChI=1S/C13H22N2O/c1-3-8-14-9-13(16)10-15-12-6-4-11(2)5-7-12/h4-7,13-16H,3,8-10H2,1-2H3/t13-/m1/s1. The van der Waals surface area contributed by atoms with Gasteiger partial charge < -0.3 is 15.7 Å². The zero-order valence-corrected chi connectivity index (χ0v) is 10.2. The molecule has 0 aliphatic rings. The Kier molecular flexibility index (Phi) is 5.90. The third-order valence-electron chi connectivity index (χ3n) is 2.40. The quantitative estimate of drug-likeness (QED) is 0.616. The predicted molar refractivity (Wildman–Crippen MR) is 68.8 cm³/mol. The smallest absolute Gasteiger partial charge is 0.0836 e. The zero-order chi connectivity index (χ0) is 11.8. The van der Waals surface area contributed by atoms with Crippen molar-refractivity contribution in [3.8, 4) is 0 Å². The van der Waals surface area contributed by atoms with Crippen LogP contribution < -0.4 is 10.6 Å². The third kappa shape index (κ3) is 5.14. The predicted octanol–water partition coefficient (Wildman–Crippen LogP) is 1.77. The van der Waals surface area contributed by atoms with E-state index in [-0.39, 0.29) is 6.10 Å². The molecule has 0 unspecified atom stereocenters. The first-order chi connectivity index (χ1) is 7.72. The lowest BCUT2D eigenvalue weighted by molar-refractivity contribution is 0.184. The molecule has 1 aromatic rings. The van der Waals surface area contributed by atoms with Crippen LogP contribution >= 0.6 is 0 Å². The van der Waals surface area contributed by atoms with Crippen LogP contribution in [0.25, 0.3) is 0 Å². The molecule has 0 heterocycles. The monoisotopic (exact) mass is 222 g/mol. The van der Waals surface area contributed by atoms with Crippen LogP contribution in [0.15, 0.2) is 24.3 Å². The minimum absolute atomic E-state index is 0.340. The Hall–Kier alpha value is -1.06. The molecule has 3 N–H and O–H groups in total. The Bertz CT molecular complexity index is 284. The van der Waals surface area contributed by atoms with Crippen molar-refractivity contribution in [1.29, 1.82) is 0 Å². The molecule has 1 atom stereocenters. The molecule has 0 saturated heterocycles. The second-order valence-electron chi connectivity index (χ2n) is 4.10. The number of anilines is 1. The van der Waals surface area contributed by atoms with Crippen molar-refractivity contribution in [3.63, 3.8) is 0 Å². The Labute approximate surface area is 97.9 Å². The van der Waals surface area contributed by atoms with Crippen LogP contribution in [-0.2, 0) is 0 Å². The summed E-state index contributed by atoms with van der Waals surface area (Å²) >= 11 is 0. The summed E-state index contributed by atoms with van der Waals surface area (Å²) in [5.41, 5.74) is 2.30. The van der Waals surface area contributed by atoms with Crippen LogP contribution in [0, 0.1) is 6.92 Å². The molecule has 0 radical (unpaired) electrons. The Morgan fingerprint density at radius 3 is 2.50 bits per heavy atom. The Balaban J connectivity index is 2.20. The first-order valence-corrected chi connectivity index (χ1v) is 5.91. The number of aliphatic hydroxyl groups excluding tert-OH is 1. The van der Waals surface area contributed by atoms with Crippen LogP contribution in [0.3, 0.4) is 0 Å². The van der Waals surface area contributed by atoms with Crippen molar-refractivity contribution < 1.29 is 5.11 Å². The van der Waals surface area contributed by atoms with Crippen molar-refractivity contribution in [2.75, 3.05) is 25.0 Å². The van der Waals surface area contributed by atoms with Gasteiger partial charge in [0, 0.05) is 18.8 Å². The van der Waals surface area contributed by atoms with E-state index in [0.29, 0.717) is 13.1 Å². The fraction of sp³-hybridized carbons (Fsp3) is 0.538. The van der Waals surface area contributed by atoms with Gasteiger partial charge in [0.05, 0.1) is 6.10 Å². The highest BCUT2D eigenvalue weighted by molar-refractivity contribution is 5.44. The summed E-state index contributed by atoms with van der Waals surface area (Å²) < 4.78 is 0. The van der Waals surface area contributed by atoms with E-state index in [1.54, 1.807) is 0 Å². The van der Waals surface area contributed by atoms with Gasteiger partial charge in [-0.15, -0.1) is 0 Å². The van der Waals surface area contributed by atoms with Gasteiger partial charge in [-0.3, -0.25) is 0 Å².